The van der Waals surface area contributed by atoms with Crippen molar-refractivity contribution in [2.75, 3.05) is 12.4 Å². The van der Waals surface area contributed by atoms with Crippen molar-refractivity contribution in [1.82, 2.24) is 0 Å². The maximum Gasteiger partial charge on any atom is 0.0385 e. The number of hydrogen-bond donors (Lipinski definition) is 1. The van der Waals surface area contributed by atoms with E-state index in [9.17, 15) is 0 Å². The molecule has 1 fully saturated rings. The van der Waals surface area contributed by atoms with Gasteiger partial charge in [-0.1, -0.05) is 31.2 Å². The monoisotopic (exact) mass is 213 g/mol. The van der Waals surface area contributed by atoms with Gasteiger partial charge in [-0.25, -0.2) is 0 Å². The second-order valence-corrected chi connectivity index (χ2v) is 4.53. The maximum absolute atomic E-state index is 5.42. The van der Waals surface area contributed by atoms with Crippen LogP contribution in [-0.2, 0) is 0 Å². The van der Waals surface area contributed by atoms with Crippen LogP contribution in [0.2, 0.25) is 0 Å². The van der Waals surface area contributed by atoms with Crippen LogP contribution < -0.4 is 5.32 Å². The molecule has 1 aromatic rings. The van der Waals surface area contributed by atoms with Crippen LogP contribution in [0.3, 0.4) is 0 Å². The zero-order valence-electron chi connectivity index (χ0n) is 9.92. The van der Waals surface area contributed by atoms with Crippen LogP contribution in [0.5, 0.6) is 0 Å². The average Bonchev–Trinajstić information content (AvgIpc) is 2.39. The average molecular weight is 213 g/mol. The van der Waals surface area contributed by atoms with Crippen molar-refractivity contribution < 1.29 is 0 Å². The van der Waals surface area contributed by atoms with Gasteiger partial charge in [-0.2, -0.15) is 0 Å². The fraction of sp³-hybridized carbons (Fsp3) is 0.467. The first-order chi connectivity index (χ1) is 7.85. The van der Waals surface area contributed by atoms with E-state index < -0.39 is 0 Å². The number of hydrogen-bond acceptors (Lipinski definition) is 1. The Morgan fingerprint density at radius 1 is 1.25 bits per heavy atom. The molecule has 0 heterocycles. The Labute approximate surface area is 98.3 Å². The van der Waals surface area contributed by atoms with E-state index in [1.54, 1.807) is 0 Å². The van der Waals surface area contributed by atoms with Crippen LogP contribution in [0.15, 0.2) is 18.2 Å². The van der Waals surface area contributed by atoms with Gasteiger partial charge in [-0.15, -0.1) is 6.42 Å². The molecule has 0 bridgehead atoms. The van der Waals surface area contributed by atoms with E-state index >= 15 is 0 Å². The molecule has 2 rings (SSSR count). The van der Waals surface area contributed by atoms with E-state index in [-0.39, 0.29) is 0 Å². The van der Waals surface area contributed by atoms with Gasteiger partial charge in [0.05, 0.1) is 0 Å². The van der Waals surface area contributed by atoms with Gasteiger partial charge in [0.25, 0.3) is 0 Å². The highest BCUT2D eigenvalue weighted by Crippen LogP contribution is 2.36. The summed E-state index contributed by atoms with van der Waals surface area (Å²) in [6.07, 6.45) is 12.2. The Morgan fingerprint density at radius 3 is 2.62 bits per heavy atom. The molecular weight excluding hydrogens is 194 g/mol. The molecule has 1 aromatic carbocycles. The summed E-state index contributed by atoms with van der Waals surface area (Å²) in [6, 6.07) is 6.35. The first kappa shape index (κ1) is 11.1. The third-order valence-electron chi connectivity index (χ3n) is 3.53. The van der Waals surface area contributed by atoms with Crippen LogP contribution in [0.25, 0.3) is 0 Å². The van der Waals surface area contributed by atoms with Crippen LogP contribution in [0.1, 0.15) is 49.1 Å². The van der Waals surface area contributed by atoms with Crippen molar-refractivity contribution in [2.24, 2.45) is 0 Å². The Kier molecular flexibility index (Phi) is 3.51. The van der Waals surface area contributed by atoms with Crippen molar-refractivity contribution in [1.29, 1.82) is 0 Å². The lowest BCUT2D eigenvalue weighted by Gasteiger charge is -2.24. The topological polar surface area (TPSA) is 12.0 Å². The van der Waals surface area contributed by atoms with Crippen molar-refractivity contribution in [3.8, 4) is 12.3 Å². The summed E-state index contributed by atoms with van der Waals surface area (Å²) in [5.74, 6) is 3.42. The highest BCUT2D eigenvalue weighted by molar-refractivity contribution is 5.57. The van der Waals surface area contributed by atoms with E-state index in [2.05, 4.69) is 29.4 Å². The van der Waals surface area contributed by atoms with Gasteiger partial charge in [0, 0.05) is 18.3 Å². The first-order valence-corrected chi connectivity index (χ1v) is 6.13. The molecule has 84 valence electrons. The van der Waals surface area contributed by atoms with Crippen molar-refractivity contribution >= 4 is 5.69 Å². The Bertz CT molecular complexity index is 394. The summed E-state index contributed by atoms with van der Waals surface area (Å²) >= 11 is 0. The molecule has 1 nitrogen and oxygen atoms in total. The Morgan fingerprint density at radius 2 is 2.00 bits per heavy atom. The Balaban J connectivity index is 2.29. The number of rotatable bonds is 2. The zero-order valence-corrected chi connectivity index (χ0v) is 9.92. The lowest BCUT2D eigenvalue weighted by atomic mass is 9.83. The van der Waals surface area contributed by atoms with Gasteiger partial charge < -0.3 is 5.32 Å². The summed E-state index contributed by atoms with van der Waals surface area (Å²) in [7, 11) is 1.97. The number of nitrogens with one attached hydrogen (secondary N) is 1. The normalized spacial score (nSPS) is 16.8. The molecule has 0 aromatic heterocycles. The molecular formula is C15H19N. The predicted molar refractivity (Wildman–Crippen MR) is 69.7 cm³/mol. The molecule has 0 radical (unpaired) electrons. The summed E-state index contributed by atoms with van der Waals surface area (Å²) in [6.45, 7) is 0. The van der Waals surface area contributed by atoms with Gasteiger partial charge in [-0.3, -0.25) is 0 Å². The molecule has 1 N–H and O–H groups in total. The van der Waals surface area contributed by atoms with E-state index in [0.717, 1.165) is 11.5 Å². The molecule has 0 saturated heterocycles. The second-order valence-electron chi connectivity index (χ2n) is 4.53. The summed E-state index contributed by atoms with van der Waals surface area (Å²) in [4.78, 5) is 0. The fourth-order valence-electron chi connectivity index (χ4n) is 2.63. The SMILES string of the molecule is C#Cc1ccc(C2CCCCC2)c(NC)c1. The van der Waals surface area contributed by atoms with Crippen LogP contribution in [0, 0.1) is 12.3 Å². The van der Waals surface area contributed by atoms with E-state index in [1.807, 2.05) is 7.05 Å². The van der Waals surface area contributed by atoms with Crippen LogP contribution >= 0.6 is 0 Å². The van der Waals surface area contributed by atoms with Crippen molar-refractivity contribution in [2.45, 2.75) is 38.0 Å². The minimum absolute atomic E-state index is 0.725. The van der Waals surface area contributed by atoms with Crippen LogP contribution in [0.4, 0.5) is 5.69 Å². The number of anilines is 1. The highest BCUT2D eigenvalue weighted by atomic mass is 14.8. The molecule has 1 saturated carbocycles. The highest BCUT2D eigenvalue weighted by Gasteiger charge is 2.18. The predicted octanol–water partition coefficient (Wildman–Crippen LogP) is 3.76. The van der Waals surface area contributed by atoms with Crippen LogP contribution in [-0.4, -0.2) is 7.05 Å². The van der Waals surface area contributed by atoms with Gasteiger partial charge in [-0.05, 0) is 36.5 Å². The fourth-order valence-corrected chi connectivity index (χ4v) is 2.63. The lowest BCUT2D eigenvalue weighted by molar-refractivity contribution is 0.444. The van der Waals surface area contributed by atoms with Gasteiger partial charge in [0.1, 0.15) is 0 Å². The zero-order chi connectivity index (χ0) is 11.4. The molecule has 1 aliphatic carbocycles. The summed E-state index contributed by atoms with van der Waals surface area (Å²) in [5, 5.41) is 3.27. The molecule has 0 aliphatic heterocycles. The first-order valence-electron chi connectivity index (χ1n) is 6.13. The summed E-state index contributed by atoms with van der Waals surface area (Å²) < 4.78 is 0. The van der Waals surface area contributed by atoms with E-state index in [4.69, 9.17) is 6.42 Å². The van der Waals surface area contributed by atoms with Gasteiger partial charge in [0.2, 0.25) is 0 Å². The number of terminal acetylenes is 1. The minimum Gasteiger partial charge on any atom is -0.388 e. The largest absolute Gasteiger partial charge is 0.388 e. The minimum atomic E-state index is 0.725. The van der Waals surface area contributed by atoms with Gasteiger partial charge >= 0.3 is 0 Å². The molecule has 0 spiro atoms. The molecule has 1 aliphatic rings. The molecule has 1 heteroatoms. The lowest BCUT2D eigenvalue weighted by Crippen LogP contribution is -2.07. The second kappa shape index (κ2) is 5.07. The third-order valence-corrected chi connectivity index (χ3v) is 3.53. The van der Waals surface area contributed by atoms with Crippen molar-refractivity contribution in [3.63, 3.8) is 0 Å². The summed E-state index contributed by atoms with van der Waals surface area (Å²) in [5.41, 5.74) is 3.62. The maximum atomic E-state index is 5.42. The van der Waals surface area contributed by atoms with Gasteiger partial charge in [0.15, 0.2) is 0 Å². The molecule has 0 amide bonds. The quantitative estimate of drug-likeness (QED) is 0.738. The molecule has 0 atom stereocenters. The van der Waals surface area contributed by atoms with Crippen molar-refractivity contribution in [3.05, 3.63) is 29.3 Å². The smallest absolute Gasteiger partial charge is 0.0385 e. The Hall–Kier alpha value is -1.42. The molecule has 16 heavy (non-hydrogen) atoms. The van der Waals surface area contributed by atoms with E-state index in [0.29, 0.717) is 0 Å². The third kappa shape index (κ3) is 2.22. The number of benzene rings is 1. The standard InChI is InChI=1S/C15H19N/c1-3-12-9-10-14(15(11-12)16-2)13-7-5-4-6-8-13/h1,9-11,13,16H,4-8H2,2H3. The van der Waals surface area contributed by atoms with E-state index in [1.165, 1.54) is 43.4 Å². The molecule has 0 unspecified atom stereocenters.